The van der Waals surface area contributed by atoms with Crippen molar-refractivity contribution in [2.45, 2.75) is 71.3 Å². The second kappa shape index (κ2) is 11.2. The number of aliphatic hydroxyl groups is 2. The second-order valence-electron chi connectivity index (χ2n) is 4.43. The highest BCUT2D eigenvalue weighted by atomic mass is 16.3. The van der Waals surface area contributed by atoms with Gasteiger partial charge in [-0.05, 0) is 24.8 Å². The zero-order valence-corrected chi connectivity index (χ0v) is 10.9. The van der Waals surface area contributed by atoms with E-state index in [-0.39, 0.29) is 12.7 Å². The van der Waals surface area contributed by atoms with E-state index >= 15 is 0 Å². The minimum Gasteiger partial charge on any atom is -0.392 e. The van der Waals surface area contributed by atoms with Crippen LogP contribution in [0.15, 0.2) is 11.6 Å². The summed E-state index contributed by atoms with van der Waals surface area (Å²) in [6, 6.07) is 0. The third kappa shape index (κ3) is 7.89. The van der Waals surface area contributed by atoms with Crippen LogP contribution in [0.1, 0.15) is 65.2 Å². The maximum absolute atomic E-state index is 9.99. The van der Waals surface area contributed by atoms with Crippen molar-refractivity contribution in [1.29, 1.82) is 0 Å². The average molecular weight is 228 g/mol. The molecule has 0 aliphatic carbocycles. The molecule has 2 nitrogen and oxygen atoms in total. The molecule has 0 bridgehead atoms. The maximum atomic E-state index is 9.99. The predicted molar refractivity (Wildman–Crippen MR) is 69.5 cm³/mol. The fourth-order valence-electron chi connectivity index (χ4n) is 1.87. The number of rotatable bonds is 10. The van der Waals surface area contributed by atoms with E-state index in [2.05, 4.69) is 13.8 Å². The van der Waals surface area contributed by atoms with Crippen molar-refractivity contribution in [2.75, 3.05) is 6.61 Å². The van der Waals surface area contributed by atoms with Gasteiger partial charge in [0.25, 0.3) is 0 Å². The highest BCUT2D eigenvalue weighted by Gasteiger charge is 2.09. The first kappa shape index (κ1) is 15.7. The highest BCUT2D eigenvalue weighted by molar-refractivity contribution is 5.08. The van der Waals surface area contributed by atoms with Crippen molar-refractivity contribution in [3.05, 3.63) is 11.6 Å². The van der Waals surface area contributed by atoms with Crippen LogP contribution >= 0.6 is 0 Å². The molecular weight excluding hydrogens is 200 g/mol. The van der Waals surface area contributed by atoms with Gasteiger partial charge in [-0.1, -0.05) is 52.0 Å². The Bertz CT molecular complexity index is 176. The van der Waals surface area contributed by atoms with Gasteiger partial charge in [0.15, 0.2) is 0 Å². The molecule has 1 atom stereocenters. The Labute approximate surface area is 100 Å². The third-order valence-corrected chi connectivity index (χ3v) is 2.93. The normalized spacial score (nSPS) is 14.1. The van der Waals surface area contributed by atoms with Crippen LogP contribution < -0.4 is 0 Å². The van der Waals surface area contributed by atoms with Gasteiger partial charge in [-0.2, -0.15) is 0 Å². The first-order valence-corrected chi connectivity index (χ1v) is 6.74. The molecule has 16 heavy (non-hydrogen) atoms. The fourth-order valence-corrected chi connectivity index (χ4v) is 1.87. The van der Waals surface area contributed by atoms with Crippen LogP contribution in [0.25, 0.3) is 0 Å². The molecule has 0 radical (unpaired) electrons. The third-order valence-electron chi connectivity index (χ3n) is 2.93. The summed E-state index contributed by atoms with van der Waals surface area (Å²) in [6.07, 6.45) is 10.2. The molecule has 0 heterocycles. The van der Waals surface area contributed by atoms with Crippen LogP contribution in [0.5, 0.6) is 0 Å². The minimum absolute atomic E-state index is 0.0479. The topological polar surface area (TPSA) is 40.5 Å². The lowest BCUT2D eigenvalue weighted by Crippen LogP contribution is -2.11. The molecule has 0 saturated heterocycles. The molecule has 0 aromatic carbocycles. The lowest BCUT2D eigenvalue weighted by Gasteiger charge is -2.15. The largest absolute Gasteiger partial charge is 0.392 e. The van der Waals surface area contributed by atoms with Gasteiger partial charge in [0.2, 0.25) is 0 Å². The molecule has 0 spiro atoms. The molecule has 0 aromatic rings. The van der Waals surface area contributed by atoms with Crippen LogP contribution in [0.2, 0.25) is 0 Å². The molecule has 0 fully saturated rings. The summed E-state index contributed by atoms with van der Waals surface area (Å²) in [7, 11) is 0. The van der Waals surface area contributed by atoms with E-state index in [4.69, 9.17) is 5.11 Å². The first-order valence-electron chi connectivity index (χ1n) is 6.74. The van der Waals surface area contributed by atoms with Gasteiger partial charge in [-0.15, -0.1) is 0 Å². The summed E-state index contributed by atoms with van der Waals surface area (Å²) in [5.41, 5.74) is 1.03. The summed E-state index contributed by atoms with van der Waals surface area (Å²) < 4.78 is 0. The predicted octanol–water partition coefficient (Wildman–Crippen LogP) is 3.43. The van der Waals surface area contributed by atoms with Gasteiger partial charge < -0.3 is 10.2 Å². The summed E-state index contributed by atoms with van der Waals surface area (Å²) in [6.45, 7) is 4.39. The first-order chi connectivity index (χ1) is 7.76. The Morgan fingerprint density at radius 1 is 1.06 bits per heavy atom. The minimum atomic E-state index is -0.337. The summed E-state index contributed by atoms with van der Waals surface area (Å²) in [4.78, 5) is 0. The van der Waals surface area contributed by atoms with E-state index in [1.54, 1.807) is 6.08 Å². The molecule has 1 unspecified atom stereocenters. The number of unbranched alkanes of at least 4 members (excludes halogenated alkanes) is 4. The van der Waals surface area contributed by atoms with Crippen molar-refractivity contribution < 1.29 is 10.2 Å². The Kier molecular flexibility index (Phi) is 10.9. The van der Waals surface area contributed by atoms with Gasteiger partial charge in [0.05, 0.1) is 12.7 Å². The van der Waals surface area contributed by atoms with E-state index in [0.717, 1.165) is 31.3 Å². The Hall–Kier alpha value is -0.340. The van der Waals surface area contributed by atoms with Crippen LogP contribution in [0.4, 0.5) is 0 Å². The summed E-state index contributed by atoms with van der Waals surface area (Å²) >= 11 is 0. The van der Waals surface area contributed by atoms with Gasteiger partial charge in [-0.25, -0.2) is 0 Å². The molecule has 96 valence electrons. The average Bonchev–Trinajstić information content (AvgIpc) is 2.28. The molecule has 0 aliphatic rings. The monoisotopic (exact) mass is 228 g/mol. The molecule has 0 amide bonds. The molecule has 0 rings (SSSR count). The van der Waals surface area contributed by atoms with E-state index in [0.29, 0.717) is 0 Å². The van der Waals surface area contributed by atoms with Gasteiger partial charge >= 0.3 is 0 Å². The SMILES string of the molecule is CCCCCC(=CCO)C(O)CCCCC. The van der Waals surface area contributed by atoms with Gasteiger partial charge in [0.1, 0.15) is 0 Å². The standard InChI is InChI=1S/C14H28O2/c1-3-5-7-9-13(11-12-15)14(16)10-8-6-4-2/h11,14-16H,3-10,12H2,1-2H3. The Morgan fingerprint density at radius 2 is 1.69 bits per heavy atom. The molecule has 2 N–H and O–H groups in total. The molecule has 0 saturated carbocycles. The number of hydrogen-bond donors (Lipinski definition) is 2. The number of aliphatic hydroxyl groups excluding tert-OH is 2. The maximum Gasteiger partial charge on any atom is 0.0750 e. The zero-order valence-electron chi connectivity index (χ0n) is 10.9. The molecule has 0 aromatic heterocycles. The highest BCUT2D eigenvalue weighted by Crippen LogP contribution is 2.17. The van der Waals surface area contributed by atoms with Crippen LogP contribution in [0.3, 0.4) is 0 Å². The van der Waals surface area contributed by atoms with Crippen molar-refractivity contribution in [1.82, 2.24) is 0 Å². The molecular formula is C14H28O2. The van der Waals surface area contributed by atoms with Crippen LogP contribution in [0, 0.1) is 0 Å². The molecule has 0 aliphatic heterocycles. The number of hydrogen-bond acceptors (Lipinski definition) is 2. The fraction of sp³-hybridized carbons (Fsp3) is 0.857. The van der Waals surface area contributed by atoms with E-state index in [1.807, 2.05) is 0 Å². The van der Waals surface area contributed by atoms with Gasteiger partial charge in [0, 0.05) is 0 Å². The van der Waals surface area contributed by atoms with Crippen LogP contribution in [-0.2, 0) is 0 Å². The smallest absolute Gasteiger partial charge is 0.0750 e. The second-order valence-corrected chi connectivity index (χ2v) is 4.43. The van der Waals surface area contributed by atoms with E-state index in [1.165, 1.54) is 25.7 Å². The summed E-state index contributed by atoms with van der Waals surface area (Å²) in [5.74, 6) is 0. The van der Waals surface area contributed by atoms with E-state index in [9.17, 15) is 5.11 Å². The van der Waals surface area contributed by atoms with E-state index < -0.39 is 0 Å². The van der Waals surface area contributed by atoms with Crippen molar-refractivity contribution >= 4 is 0 Å². The summed E-state index contributed by atoms with van der Waals surface area (Å²) in [5, 5.41) is 18.9. The lowest BCUT2D eigenvalue weighted by molar-refractivity contribution is 0.189. The van der Waals surface area contributed by atoms with Crippen molar-refractivity contribution in [3.63, 3.8) is 0 Å². The van der Waals surface area contributed by atoms with Crippen molar-refractivity contribution in [2.24, 2.45) is 0 Å². The Balaban J connectivity index is 3.93. The Morgan fingerprint density at radius 3 is 2.25 bits per heavy atom. The zero-order chi connectivity index (χ0) is 12.2. The lowest BCUT2D eigenvalue weighted by atomic mass is 9.98. The van der Waals surface area contributed by atoms with Crippen LogP contribution in [-0.4, -0.2) is 22.9 Å². The quantitative estimate of drug-likeness (QED) is 0.444. The molecule has 2 heteroatoms. The van der Waals surface area contributed by atoms with Gasteiger partial charge in [-0.3, -0.25) is 0 Å². The van der Waals surface area contributed by atoms with Crippen molar-refractivity contribution in [3.8, 4) is 0 Å².